The summed E-state index contributed by atoms with van der Waals surface area (Å²) in [5.41, 5.74) is 5.49. The molecule has 0 aliphatic carbocycles. The van der Waals surface area contributed by atoms with Gasteiger partial charge in [-0.2, -0.15) is 9.97 Å². The zero-order chi connectivity index (χ0) is 45.0. The lowest BCUT2D eigenvalue weighted by Gasteiger charge is -2.31. The molecule has 0 unspecified atom stereocenters. The molecule has 0 radical (unpaired) electrons. The SMILES string of the molecule is CCOC(=O)C1CCN(c2ncnc(Oc3ccc(S(=O)(=O)CC)cc3N)c2[N+](=O)[O-])CC1.COC(=O)CC(=O)c1ccc(Oc2ncnc(N3CCCCC3)c2[N+](=O)[O-])cc1. The lowest BCUT2D eigenvalue weighted by Crippen LogP contribution is -2.37. The third-order valence-corrected chi connectivity index (χ3v) is 11.6. The van der Waals surface area contributed by atoms with Gasteiger partial charge in [0.15, 0.2) is 21.4 Å². The van der Waals surface area contributed by atoms with E-state index in [2.05, 4.69) is 24.7 Å². The second-order valence-corrected chi connectivity index (χ2v) is 16.1. The van der Waals surface area contributed by atoms with Gasteiger partial charge in [-0.1, -0.05) is 6.92 Å². The van der Waals surface area contributed by atoms with E-state index in [1.54, 1.807) is 11.8 Å². The summed E-state index contributed by atoms with van der Waals surface area (Å²) in [6, 6.07) is 9.79. The molecule has 4 aromatic rings. The molecule has 2 aromatic carbocycles. The molecule has 4 heterocycles. The predicted molar refractivity (Wildman–Crippen MR) is 221 cm³/mol. The molecule has 6 rings (SSSR count). The number of nitrogen functional groups attached to an aromatic ring is 1. The molecule has 0 amide bonds. The van der Waals surface area contributed by atoms with Gasteiger partial charge in [-0.05, 0) is 81.5 Å². The van der Waals surface area contributed by atoms with Crippen molar-refractivity contribution in [1.82, 2.24) is 19.9 Å². The van der Waals surface area contributed by atoms with Crippen LogP contribution in [0.4, 0.5) is 28.7 Å². The van der Waals surface area contributed by atoms with Crippen LogP contribution in [0.15, 0.2) is 60.0 Å². The molecule has 2 aromatic heterocycles. The number of nitrogens with two attached hydrogens (primary N) is 1. The van der Waals surface area contributed by atoms with Crippen molar-refractivity contribution in [3.63, 3.8) is 0 Å². The van der Waals surface area contributed by atoms with Gasteiger partial charge < -0.3 is 34.5 Å². The molecule has 62 heavy (non-hydrogen) atoms. The molecule has 22 nitrogen and oxygen atoms in total. The van der Waals surface area contributed by atoms with E-state index in [1.807, 2.05) is 4.90 Å². The summed E-state index contributed by atoms with van der Waals surface area (Å²) in [6.45, 7) is 5.66. The predicted octanol–water partition coefficient (Wildman–Crippen LogP) is 5.25. The number of anilines is 3. The highest BCUT2D eigenvalue weighted by atomic mass is 32.2. The minimum Gasteiger partial charge on any atom is -0.469 e. The summed E-state index contributed by atoms with van der Waals surface area (Å²) in [5, 5.41) is 23.6. The Morgan fingerprint density at radius 1 is 0.806 bits per heavy atom. The van der Waals surface area contributed by atoms with Gasteiger partial charge in [0, 0.05) is 31.7 Å². The van der Waals surface area contributed by atoms with Crippen LogP contribution in [0, 0.1) is 26.1 Å². The van der Waals surface area contributed by atoms with Crippen LogP contribution in [-0.2, 0) is 28.9 Å². The van der Waals surface area contributed by atoms with Crippen LogP contribution in [0.1, 0.15) is 62.7 Å². The summed E-state index contributed by atoms with van der Waals surface area (Å²) < 4.78 is 44.9. The van der Waals surface area contributed by atoms with E-state index in [0.717, 1.165) is 25.6 Å². The van der Waals surface area contributed by atoms with E-state index in [0.29, 0.717) is 51.2 Å². The van der Waals surface area contributed by atoms with Crippen LogP contribution < -0.4 is 25.0 Å². The Kier molecular flexibility index (Phi) is 15.6. The zero-order valence-electron chi connectivity index (χ0n) is 34.1. The Hall–Kier alpha value is -7.04. The van der Waals surface area contributed by atoms with Crippen molar-refractivity contribution in [1.29, 1.82) is 0 Å². The van der Waals surface area contributed by atoms with E-state index in [-0.39, 0.29) is 75.2 Å². The van der Waals surface area contributed by atoms with Crippen LogP contribution in [0.5, 0.6) is 23.3 Å². The molecule has 330 valence electrons. The largest absolute Gasteiger partial charge is 0.469 e. The van der Waals surface area contributed by atoms with Crippen molar-refractivity contribution < 1.29 is 51.6 Å². The fourth-order valence-electron chi connectivity index (χ4n) is 6.54. The first-order chi connectivity index (χ1) is 29.7. The highest BCUT2D eigenvalue weighted by Crippen LogP contribution is 2.40. The molecule has 2 aliphatic heterocycles. The lowest BCUT2D eigenvalue weighted by atomic mass is 9.97. The Bertz CT molecular complexity index is 2390. The third-order valence-electron chi connectivity index (χ3n) is 9.82. The van der Waals surface area contributed by atoms with Gasteiger partial charge in [0.2, 0.25) is 11.6 Å². The van der Waals surface area contributed by atoms with Crippen molar-refractivity contribution in [2.24, 2.45) is 5.92 Å². The van der Waals surface area contributed by atoms with Crippen molar-refractivity contribution in [2.75, 3.05) is 61.2 Å². The molecular formula is C39H45N9O13S. The first-order valence-corrected chi connectivity index (χ1v) is 21.2. The summed E-state index contributed by atoms with van der Waals surface area (Å²) in [7, 11) is -2.27. The number of benzene rings is 2. The third kappa shape index (κ3) is 11.4. The number of carbonyl (C=O) groups excluding carboxylic acids is 3. The van der Waals surface area contributed by atoms with Gasteiger partial charge in [0.1, 0.15) is 24.8 Å². The number of Topliss-reactive ketones (excluding diaryl/α,β-unsaturated/α-hetero) is 1. The highest BCUT2D eigenvalue weighted by molar-refractivity contribution is 7.91. The fourth-order valence-corrected chi connectivity index (χ4v) is 7.46. The van der Waals surface area contributed by atoms with Gasteiger partial charge in [0.25, 0.3) is 0 Å². The number of piperidine rings is 2. The average Bonchev–Trinajstić information content (AvgIpc) is 3.27. The van der Waals surface area contributed by atoms with Crippen LogP contribution in [0.3, 0.4) is 0 Å². The molecular weight excluding hydrogens is 835 g/mol. The minimum absolute atomic E-state index is 0.00534. The maximum Gasteiger partial charge on any atom is 0.373 e. The average molecular weight is 880 g/mol. The number of ether oxygens (including phenoxy) is 4. The number of ketones is 1. The second-order valence-electron chi connectivity index (χ2n) is 13.8. The van der Waals surface area contributed by atoms with Crippen LogP contribution in [-0.4, -0.2) is 102 Å². The number of nitro groups is 2. The number of nitrogens with zero attached hydrogens (tertiary/aromatic N) is 8. The summed E-state index contributed by atoms with van der Waals surface area (Å²) >= 11 is 0. The van der Waals surface area contributed by atoms with E-state index in [4.69, 9.17) is 19.9 Å². The maximum atomic E-state index is 12.0. The molecule has 2 saturated heterocycles. The van der Waals surface area contributed by atoms with Crippen LogP contribution in [0.2, 0.25) is 0 Å². The molecule has 23 heteroatoms. The van der Waals surface area contributed by atoms with Gasteiger partial charge in [0.05, 0.1) is 45.8 Å². The summed E-state index contributed by atoms with van der Waals surface area (Å²) in [5.74, 6) is -1.56. The van der Waals surface area contributed by atoms with Crippen molar-refractivity contribution in [2.45, 2.75) is 57.3 Å². The van der Waals surface area contributed by atoms with E-state index < -0.39 is 37.1 Å². The smallest absolute Gasteiger partial charge is 0.373 e. The van der Waals surface area contributed by atoms with Crippen molar-refractivity contribution in [3.05, 3.63) is 80.9 Å². The molecule has 0 bridgehead atoms. The fraction of sp³-hybridized carbons (Fsp3) is 0.410. The number of hydrogen-bond acceptors (Lipinski definition) is 20. The lowest BCUT2D eigenvalue weighted by molar-refractivity contribution is -0.385. The minimum atomic E-state index is -3.48. The number of hydrogen-bond donors (Lipinski definition) is 1. The first kappa shape index (κ1) is 46.0. The van der Waals surface area contributed by atoms with E-state index in [9.17, 15) is 43.0 Å². The van der Waals surface area contributed by atoms with Gasteiger partial charge >= 0.3 is 35.1 Å². The molecule has 2 N–H and O–H groups in total. The standard InChI is InChI=1S/C20H25N5O7S.C19H20N4O6/c1-3-31-20(26)13-7-9-24(10-8-13)18-17(25(27)28)19(23-12-22-18)32-16-6-5-14(11-15(16)21)33(29,30)4-2;1-28-16(25)11-15(24)13-5-7-14(8-6-13)29-19-17(23(26)27)18(20-12-21-19)22-9-3-2-4-10-22/h5-6,11-13H,3-4,7-10,21H2,1-2H3;5-8,12H,2-4,9-11H2,1H3. The highest BCUT2D eigenvalue weighted by Gasteiger charge is 2.34. The normalized spacial score (nSPS) is 14.2. The Balaban J connectivity index is 0.000000236. The van der Waals surface area contributed by atoms with Gasteiger partial charge in [-0.25, -0.2) is 18.4 Å². The topological polar surface area (TPSA) is 293 Å². The Labute approximate surface area is 355 Å². The zero-order valence-corrected chi connectivity index (χ0v) is 34.9. The number of carbonyl (C=O) groups is 3. The van der Waals surface area contributed by atoms with Gasteiger partial charge in [-0.3, -0.25) is 34.6 Å². The van der Waals surface area contributed by atoms with E-state index >= 15 is 0 Å². The maximum absolute atomic E-state index is 12.0. The van der Waals surface area contributed by atoms with Crippen LogP contribution >= 0.6 is 0 Å². The van der Waals surface area contributed by atoms with Gasteiger partial charge in [-0.15, -0.1) is 0 Å². The molecule has 0 saturated carbocycles. The Morgan fingerprint density at radius 2 is 1.37 bits per heavy atom. The first-order valence-electron chi connectivity index (χ1n) is 19.5. The molecule has 0 atom stereocenters. The summed E-state index contributed by atoms with van der Waals surface area (Å²) in [4.78, 5) is 77.1. The number of aromatic nitrogens is 4. The molecule has 2 aliphatic rings. The quantitative estimate of drug-likeness (QED) is 0.0398. The van der Waals surface area contributed by atoms with Crippen molar-refractivity contribution >= 4 is 56.3 Å². The van der Waals surface area contributed by atoms with Crippen LogP contribution in [0.25, 0.3) is 0 Å². The van der Waals surface area contributed by atoms with Crippen molar-refractivity contribution in [3.8, 4) is 23.3 Å². The number of rotatable bonds is 15. The monoisotopic (exact) mass is 879 g/mol. The molecule has 0 spiro atoms. The van der Waals surface area contributed by atoms with E-state index in [1.165, 1.54) is 62.8 Å². The summed E-state index contributed by atoms with van der Waals surface area (Å²) in [6.07, 6.45) is 5.92. The molecule has 2 fully saturated rings. The Morgan fingerprint density at radius 3 is 1.89 bits per heavy atom. The number of sulfone groups is 1. The second kappa shape index (κ2) is 21.0. The number of esters is 2. The number of methoxy groups -OCH3 is 1.